The van der Waals surface area contributed by atoms with Crippen LogP contribution in [0.5, 0.6) is 5.75 Å². The summed E-state index contributed by atoms with van der Waals surface area (Å²) in [7, 11) is 1.47. The Morgan fingerprint density at radius 1 is 1.25 bits per heavy atom. The maximum atomic E-state index is 13.7. The minimum absolute atomic E-state index is 0. The van der Waals surface area contributed by atoms with Crippen LogP contribution in [0.15, 0.2) is 55.0 Å². The summed E-state index contributed by atoms with van der Waals surface area (Å²) >= 11 is 1.18. The number of allylic oxidation sites excluding steroid dienone is 5. The Bertz CT molecular complexity index is 1780. The first-order valence-electron chi connectivity index (χ1n) is 17.4. The number of pyridine rings is 1. The monoisotopic (exact) mass is 804 g/mol. The van der Waals surface area contributed by atoms with Crippen LogP contribution in [0.4, 0.5) is 0 Å². The van der Waals surface area contributed by atoms with Gasteiger partial charge in [-0.25, -0.2) is 9.97 Å². The number of aromatic nitrogens is 3. The van der Waals surface area contributed by atoms with E-state index in [-0.39, 0.29) is 56.0 Å². The van der Waals surface area contributed by atoms with Gasteiger partial charge >= 0.3 is 0 Å². The van der Waals surface area contributed by atoms with Crippen molar-refractivity contribution in [2.24, 2.45) is 11.8 Å². The normalized spacial score (nSPS) is 14.3. The summed E-state index contributed by atoms with van der Waals surface area (Å²) in [6.07, 6.45) is 15.4. The average molecular weight is 805 g/mol. The van der Waals surface area contributed by atoms with Crippen LogP contribution in [-0.2, 0) is 42.2 Å². The number of likely N-dealkylation sites (tertiary alicyclic amines) is 1. The van der Waals surface area contributed by atoms with E-state index in [1.54, 1.807) is 11.0 Å². The molecular weight excluding hydrogens is 753 g/mol. The number of nitrogens with zero attached hydrogens (tertiary/aromatic N) is 4. The molecule has 1 saturated heterocycles. The van der Waals surface area contributed by atoms with Gasteiger partial charge in [0.1, 0.15) is 21.3 Å². The molecule has 0 spiro atoms. The van der Waals surface area contributed by atoms with Crippen LogP contribution in [0.1, 0.15) is 94.2 Å². The number of ether oxygens (including phenoxy) is 2. The predicted octanol–water partition coefficient (Wildman–Crippen LogP) is 7.85. The van der Waals surface area contributed by atoms with Gasteiger partial charge in [0.05, 0.1) is 48.0 Å². The van der Waals surface area contributed by atoms with Crippen LogP contribution >= 0.6 is 11.3 Å². The second kappa shape index (κ2) is 21.3. The minimum atomic E-state index is -0.671. The van der Waals surface area contributed by atoms with Gasteiger partial charge in [-0.05, 0) is 51.5 Å². The number of aromatic amines is 1. The summed E-state index contributed by atoms with van der Waals surface area (Å²) < 4.78 is 11.3. The van der Waals surface area contributed by atoms with Gasteiger partial charge < -0.3 is 24.7 Å². The summed E-state index contributed by atoms with van der Waals surface area (Å²) in [6.45, 7) is 18.7. The summed E-state index contributed by atoms with van der Waals surface area (Å²) in [4.78, 5) is 54.5. The number of carbonyl (C=O) groups excluding carboxylic acids is 3. The number of carbonyl (C=O) groups is 3. The molecule has 4 rings (SSSR count). The van der Waals surface area contributed by atoms with E-state index in [0.717, 1.165) is 18.1 Å². The molecule has 3 aromatic rings. The Hall–Kier alpha value is -3.50. The zero-order valence-corrected chi connectivity index (χ0v) is 35.3. The summed E-state index contributed by atoms with van der Waals surface area (Å²) in [5.41, 5.74) is 1.44. The number of hydrogen-bond acceptors (Lipinski definition) is 9. The van der Waals surface area contributed by atoms with E-state index in [1.165, 1.54) is 37.0 Å². The molecule has 3 aromatic heterocycles. The number of rotatable bonds is 15. The van der Waals surface area contributed by atoms with Crippen molar-refractivity contribution in [1.29, 1.82) is 5.26 Å². The fourth-order valence-corrected chi connectivity index (χ4v) is 6.67. The third-order valence-electron chi connectivity index (χ3n) is 8.76. The number of fused-ring (bicyclic) bond motifs is 1. The van der Waals surface area contributed by atoms with E-state index >= 15 is 0 Å². The molecule has 13 heteroatoms. The van der Waals surface area contributed by atoms with Crippen molar-refractivity contribution in [3.05, 3.63) is 71.6 Å². The van der Waals surface area contributed by atoms with E-state index in [9.17, 15) is 19.6 Å². The molecule has 2 amide bonds. The number of hydrogen-bond donors (Lipinski definition) is 2. The molecule has 1 atom stereocenters. The van der Waals surface area contributed by atoms with Gasteiger partial charge in [0, 0.05) is 64.1 Å². The summed E-state index contributed by atoms with van der Waals surface area (Å²) in [6, 6.07) is 2.42. The zero-order chi connectivity index (χ0) is 37.7. The molecule has 1 unspecified atom stereocenters. The Labute approximate surface area is 337 Å². The Morgan fingerprint density at radius 2 is 1.94 bits per heavy atom. The standard InChI is InChI=1S/C37H45N6O5S.C2H6.Y/c1-8-11-24(12-9-2)26(19-38)25-13-16-43(17-14-25)36(46)33(44)27-20-39-31-30(27)28(47-7)21-40-32(31)35-41-22-29(49-35)34(45)42-37(5,6)15-18-48-23(4)10-3;1-2;/h8-9,11-12,20-22,25-26,39H,1,10,13-18H2,2-7H3,(H,42,45);1-2H3;/q-1;;/b12-9-,24-11+;;. The Balaban J connectivity index is 0.00000307. The van der Waals surface area contributed by atoms with Crippen LogP contribution in [0.2, 0.25) is 0 Å². The van der Waals surface area contributed by atoms with E-state index < -0.39 is 17.2 Å². The van der Waals surface area contributed by atoms with Gasteiger partial charge in [-0.2, -0.15) is 24.7 Å². The number of ketones is 1. The van der Waals surface area contributed by atoms with E-state index in [1.807, 2.05) is 66.7 Å². The molecule has 11 nitrogen and oxygen atoms in total. The molecule has 1 aliphatic heterocycles. The van der Waals surface area contributed by atoms with Crippen molar-refractivity contribution in [3.8, 4) is 22.5 Å². The number of amides is 2. The van der Waals surface area contributed by atoms with Gasteiger partial charge in [-0.3, -0.25) is 14.4 Å². The summed E-state index contributed by atoms with van der Waals surface area (Å²) in [5, 5.41) is 13.9. The van der Waals surface area contributed by atoms with Crippen molar-refractivity contribution in [2.45, 2.75) is 79.7 Å². The van der Waals surface area contributed by atoms with Gasteiger partial charge in [-0.1, -0.05) is 51.7 Å². The molecule has 0 aliphatic carbocycles. The fourth-order valence-electron chi connectivity index (χ4n) is 5.86. The van der Waals surface area contributed by atoms with E-state index in [2.05, 4.69) is 32.9 Å². The molecule has 277 valence electrons. The molecule has 1 fully saturated rings. The first kappa shape index (κ1) is 44.7. The number of nitriles is 1. The number of nitrogens with one attached hydrogen (secondary N) is 2. The third kappa shape index (κ3) is 11.0. The molecule has 1 aliphatic rings. The van der Waals surface area contributed by atoms with Crippen LogP contribution in [0.25, 0.3) is 21.6 Å². The van der Waals surface area contributed by atoms with Crippen molar-refractivity contribution in [1.82, 2.24) is 25.2 Å². The van der Waals surface area contributed by atoms with Crippen LogP contribution < -0.4 is 10.1 Å². The van der Waals surface area contributed by atoms with Crippen LogP contribution in [0.3, 0.4) is 0 Å². The fraction of sp³-hybridized carbons (Fsp3) is 0.462. The average Bonchev–Trinajstić information content (AvgIpc) is 3.81. The zero-order valence-electron chi connectivity index (χ0n) is 31.7. The number of methoxy groups -OCH3 is 1. The maximum absolute atomic E-state index is 13.7. The molecular formula is C39H51N6O5SY-. The molecule has 0 aromatic carbocycles. The number of thiazole rings is 1. The van der Waals surface area contributed by atoms with Gasteiger partial charge in [0.15, 0.2) is 0 Å². The molecule has 2 N–H and O–H groups in total. The van der Waals surface area contributed by atoms with E-state index in [4.69, 9.17) is 9.47 Å². The quantitative estimate of drug-likeness (QED) is 0.0683. The first-order valence-corrected chi connectivity index (χ1v) is 18.3. The molecule has 0 bridgehead atoms. The van der Waals surface area contributed by atoms with Crippen molar-refractivity contribution >= 4 is 39.8 Å². The second-order valence-electron chi connectivity index (χ2n) is 12.6. The maximum Gasteiger partial charge on any atom is 0.295 e. The van der Waals surface area contributed by atoms with Gasteiger partial charge in [0.25, 0.3) is 17.6 Å². The topological polar surface area (TPSA) is 150 Å². The Morgan fingerprint density at radius 3 is 2.54 bits per heavy atom. The van der Waals surface area contributed by atoms with Crippen LogP contribution in [0, 0.1) is 29.3 Å². The number of piperidine rings is 1. The minimum Gasteiger partial charge on any atom is -0.549 e. The van der Waals surface area contributed by atoms with Gasteiger partial charge in [0.2, 0.25) is 0 Å². The van der Waals surface area contributed by atoms with Gasteiger partial charge in [-0.15, -0.1) is 11.3 Å². The summed E-state index contributed by atoms with van der Waals surface area (Å²) in [5.74, 6) is -1.51. The first-order chi connectivity index (χ1) is 24.5. The van der Waals surface area contributed by atoms with Crippen LogP contribution in [-0.4, -0.2) is 69.8 Å². The largest absolute Gasteiger partial charge is 0.549 e. The van der Waals surface area contributed by atoms with E-state index in [0.29, 0.717) is 71.2 Å². The van der Waals surface area contributed by atoms with Crippen molar-refractivity contribution < 1.29 is 56.6 Å². The van der Waals surface area contributed by atoms with Crippen molar-refractivity contribution in [2.75, 3.05) is 26.8 Å². The third-order valence-corrected chi connectivity index (χ3v) is 9.76. The molecule has 0 saturated carbocycles. The number of H-pyrrole nitrogens is 1. The smallest absolute Gasteiger partial charge is 0.295 e. The SMILES string of the molecule is C=C/C=C(\C=C/C)C(C#N)C1CCN(C(=O)C(=O)c2c[nH]c3c(-c4ncc(C(=O)NC(C)(C)CCO[C-](C)CC)s4)ncc(OC)c23)CC1.CC.[Y]. The number of Topliss-reactive ketones (excluding diaryl/α,β-unsaturated/α-hetero) is 1. The predicted molar refractivity (Wildman–Crippen MR) is 202 cm³/mol. The Kier molecular flexibility index (Phi) is 18.3. The second-order valence-corrected chi connectivity index (χ2v) is 13.6. The van der Waals surface area contributed by atoms with Crippen molar-refractivity contribution in [3.63, 3.8) is 0 Å². The molecule has 52 heavy (non-hydrogen) atoms. The molecule has 4 heterocycles. The molecule has 1 radical (unpaired) electrons.